The smallest absolute Gasteiger partial charge is 0.410 e. The molecule has 16 heteroatoms. The highest BCUT2D eigenvalue weighted by atomic mass is 32.2. The number of benzene rings is 1. The van der Waals surface area contributed by atoms with Gasteiger partial charge in [0.15, 0.2) is 0 Å². The van der Waals surface area contributed by atoms with E-state index in [1.54, 1.807) is 25.7 Å². The van der Waals surface area contributed by atoms with Gasteiger partial charge < -0.3 is 29.7 Å². The first-order valence-electron chi connectivity index (χ1n) is 19.6. The Kier molecular flexibility index (Phi) is 11.5. The molecule has 55 heavy (non-hydrogen) atoms. The zero-order valence-electron chi connectivity index (χ0n) is 32.9. The summed E-state index contributed by atoms with van der Waals surface area (Å²) in [6.07, 6.45) is 2.69. The number of ether oxygens (including phenoxy) is 3. The van der Waals surface area contributed by atoms with Crippen molar-refractivity contribution in [3.63, 3.8) is 0 Å². The van der Waals surface area contributed by atoms with Gasteiger partial charge in [0.05, 0.1) is 30.6 Å². The van der Waals surface area contributed by atoms with Crippen molar-refractivity contribution in [3.05, 3.63) is 34.9 Å². The number of alkyl carbamates (subject to hydrolysis) is 1. The number of nitrogens with zero attached hydrogens (tertiary/aromatic N) is 2. The molecule has 15 nitrogen and oxygen atoms in total. The first kappa shape index (κ1) is 40.7. The van der Waals surface area contributed by atoms with E-state index in [9.17, 15) is 32.4 Å². The molecule has 2 aliphatic carbocycles. The number of rotatable bonds is 8. The van der Waals surface area contributed by atoms with Gasteiger partial charge >= 0.3 is 12.2 Å². The lowest BCUT2D eigenvalue weighted by Crippen LogP contribution is -2.59. The van der Waals surface area contributed by atoms with Crippen molar-refractivity contribution < 1.29 is 46.6 Å². The Morgan fingerprint density at radius 1 is 1.07 bits per heavy atom. The number of sulfonamides is 1. The van der Waals surface area contributed by atoms with E-state index in [1.807, 2.05) is 32.9 Å². The third kappa shape index (κ3) is 9.55. The Hall–Kier alpha value is -3.92. The van der Waals surface area contributed by atoms with Gasteiger partial charge in [-0.15, -0.1) is 0 Å². The Morgan fingerprint density at radius 2 is 1.80 bits per heavy atom. The SMILES string of the molecule is CC[C@@H]1C[C@]1(NC(=O)[C@@H]1C[C@@H]2CN1C(=O)[C@H](COC(C)(C)C)NC(=O)OCC(C)(C)CCCCc1cccc3c1CN(C3)C(=O)O2)C(=O)NS(=O)(=O)C1CC1. The minimum Gasteiger partial charge on any atom is -0.449 e. The summed E-state index contributed by atoms with van der Waals surface area (Å²) in [5.41, 5.74) is 0.793. The minimum absolute atomic E-state index is 0.0876. The predicted molar refractivity (Wildman–Crippen MR) is 201 cm³/mol. The van der Waals surface area contributed by atoms with Crippen LogP contribution in [0.25, 0.3) is 0 Å². The highest BCUT2D eigenvalue weighted by Crippen LogP contribution is 2.47. The maximum Gasteiger partial charge on any atom is 0.410 e. The fourth-order valence-corrected chi connectivity index (χ4v) is 9.25. The van der Waals surface area contributed by atoms with Gasteiger partial charge in [-0.1, -0.05) is 51.8 Å². The summed E-state index contributed by atoms with van der Waals surface area (Å²) in [6, 6.07) is 3.58. The van der Waals surface area contributed by atoms with Crippen molar-refractivity contribution in [2.75, 3.05) is 19.8 Å². The largest absolute Gasteiger partial charge is 0.449 e. The molecule has 1 aromatic carbocycles. The number of carbonyl (C=O) groups is 5. The van der Waals surface area contributed by atoms with Crippen LogP contribution < -0.4 is 15.4 Å². The second-order valence-electron chi connectivity index (χ2n) is 17.7. The van der Waals surface area contributed by atoms with Crippen LogP contribution in [0.3, 0.4) is 0 Å². The van der Waals surface area contributed by atoms with Gasteiger partial charge in [0.1, 0.15) is 23.7 Å². The van der Waals surface area contributed by atoms with Crippen molar-refractivity contribution in [2.45, 2.75) is 147 Å². The summed E-state index contributed by atoms with van der Waals surface area (Å²) >= 11 is 0. The lowest BCUT2D eigenvalue weighted by atomic mass is 9.87. The molecule has 1 aromatic rings. The van der Waals surface area contributed by atoms with Gasteiger partial charge in [-0.2, -0.15) is 0 Å². The molecule has 5 aliphatic rings. The summed E-state index contributed by atoms with van der Waals surface area (Å²) < 4.78 is 45.3. The molecule has 5 atom stereocenters. The average molecular weight is 788 g/mol. The zero-order chi connectivity index (χ0) is 39.9. The number of nitrogens with one attached hydrogen (secondary N) is 3. The highest BCUT2D eigenvalue weighted by Gasteiger charge is 2.62. The van der Waals surface area contributed by atoms with E-state index in [0.29, 0.717) is 32.4 Å². The molecule has 4 bridgehead atoms. The lowest BCUT2D eigenvalue weighted by Gasteiger charge is -2.31. The normalized spacial score (nSPS) is 28.8. The molecular formula is C39H57N5O10S. The van der Waals surface area contributed by atoms with E-state index >= 15 is 0 Å². The third-order valence-corrected chi connectivity index (χ3v) is 13.2. The molecule has 3 heterocycles. The van der Waals surface area contributed by atoms with Crippen LogP contribution in [0, 0.1) is 11.3 Å². The molecule has 1 saturated heterocycles. The molecule has 6 rings (SSSR count). The van der Waals surface area contributed by atoms with E-state index in [2.05, 4.69) is 21.4 Å². The van der Waals surface area contributed by atoms with Crippen molar-refractivity contribution in [2.24, 2.45) is 11.3 Å². The van der Waals surface area contributed by atoms with Gasteiger partial charge in [-0.3, -0.25) is 24.0 Å². The fourth-order valence-electron chi connectivity index (χ4n) is 7.89. The van der Waals surface area contributed by atoms with Crippen LogP contribution in [0.4, 0.5) is 9.59 Å². The number of carbonyl (C=O) groups excluding carboxylic acids is 5. The van der Waals surface area contributed by atoms with Crippen LogP contribution in [0.15, 0.2) is 18.2 Å². The summed E-state index contributed by atoms with van der Waals surface area (Å²) in [6.45, 7) is 11.7. The first-order valence-corrected chi connectivity index (χ1v) is 21.2. The number of amides is 5. The van der Waals surface area contributed by atoms with E-state index in [0.717, 1.165) is 36.8 Å². The molecule has 0 spiro atoms. The van der Waals surface area contributed by atoms with Gasteiger partial charge in [0.25, 0.3) is 5.91 Å². The van der Waals surface area contributed by atoms with Crippen molar-refractivity contribution in [1.82, 2.24) is 25.2 Å². The number of cyclic esters (lactones) is 1. The Morgan fingerprint density at radius 3 is 2.47 bits per heavy atom. The Labute approximate surface area is 324 Å². The van der Waals surface area contributed by atoms with Crippen LogP contribution in [-0.2, 0) is 58.1 Å². The van der Waals surface area contributed by atoms with E-state index in [4.69, 9.17) is 14.2 Å². The summed E-state index contributed by atoms with van der Waals surface area (Å²) in [4.78, 5) is 72.1. The molecule has 2 saturated carbocycles. The molecule has 3 aliphatic heterocycles. The number of aryl methyl sites for hydroxylation is 1. The van der Waals surface area contributed by atoms with Crippen LogP contribution in [0.2, 0.25) is 0 Å². The van der Waals surface area contributed by atoms with Gasteiger partial charge in [0.2, 0.25) is 21.8 Å². The second kappa shape index (κ2) is 15.5. The number of fused-ring (bicyclic) bond motifs is 3. The Bertz CT molecular complexity index is 1790. The average Bonchev–Trinajstić information content (AvgIpc) is 4.00. The second-order valence-corrected chi connectivity index (χ2v) is 19.6. The van der Waals surface area contributed by atoms with Crippen molar-refractivity contribution in [3.8, 4) is 0 Å². The summed E-state index contributed by atoms with van der Waals surface area (Å²) in [5, 5.41) is 4.83. The quantitative estimate of drug-likeness (QED) is 0.351. The summed E-state index contributed by atoms with van der Waals surface area (Å²) in [5.74, 6) is -2.49. The minimum atomic E-state index is -3.89. The van der Waals surface area contributed by atoms with E-state index in [1.165, 1.54) is 10.5 Å². The first-order chi connectivity index (χ1) is 25.8. The van der Waals surface area contributed by atoms with Crippen LogP contribution in [0.1, 0.15) is 110 Å². The molecule has 5 amide bonds. The highest BCUT2D eigenvalue weighted by molar-refractivity contribution is 7.91. The van der Waals surface area contributed by atoms with Gasteiger partial charge in [-0.25, -0.2) is 18.0 Å². The molecule has 3 fully saturated rings. The number of hydrogen-bond acceptors (Lipinski definition) is 10. The van der Waals surface area contributed by atoms with E-state index in [-0.39, 0.29) is 43.9 Å². The summed E-state index contributed by atoms with van der Waals surface area (Å²) in [7, 11) is -3.89. The van der Waals surface area contributed by atoms with Crippen LogP contribution in [-0.4, -0.2) is 102 Å². The maximum absolute atomic E-state index is 14.5. The maximum atomic E-state index is 14.5. The standard InChI is InChI=1S/C39H57N5O10S/c1-7-26-18-39(26,34(47)42-55(50,51)28-14-15-28)41-32(45)31-17-27-20-44(31)33(46)30(22-53-37(2,3)4)40-35(48)52-23-38(5,6)16-9-8-11-24-12-10-13-25-19-43(21-29(24)25)36(49)54-27/h10,12-13,26-28,30-31H,7-9,11,14-23H2,1-6H3,(H,40,48)(H,41,45)(H,42,47)/t26-,27-,30+,31+,39-/m1/s1. The molecule has 3 N–H and O–H groups in total. The molecule has 0 radical (unpaired) electrons. The van der Waals surface area contributed by atoms with Gasteiger partial charge in [-0.05, 0) is 87.3 Å². The topological polar surface area (TPSA) is 190 Å². The predicted octanol–water partition coefficient (Wildman–Crippen LogP) is 3.66. The monoisotopic (exact) mass is 787 g/mol. The van der Waals surface area contributed by atoms with Crippen molar-refractivity contribution in [1.29, 1.82) is 0 Å². The molecule has 0 aromatic heterocycles. The molecule has 304 valence electrons. The molecular weight excluding hydrogens is 731 g/mol. The zero-order valence-corrected chi connectivity index (χ0v) is 33.7. The lowest BCUT2D eigenvalue weighted by molar-refractivity contribution is -0.143. The number of hydrogen-bond donors (Lipinski definition) is 3. The van der Waals surface area contributed by atoms with Gasteiger partial charge in [0, 0.05) is 19.5 Å². The van der Waals surface area contributed by atoms with Crippen LogP contribution >= 0.6 is 0 Å². The van der Waals surface area contributed by atoms with Crippen LogP contribution in [0.5, 0.6) is 0 Å². The van der Waals surface area contributed by atoms with Crippen molar-refractivity contribution >= 4 is 39.9 Å². The third-order valence-electron chi connectivity index (χ3n) is 11.4. The van der Waals surface area contributed by atoms with E-state index < -0.39 is 74.5 Å². The Balaban J connectivity index is 1.28. The molecule has 0 unspecified atom stereocenters. The fraction of sp³-hybridized carbons (Fsp3) is 0.718.